The van der Waals surface area contributed by atoms with Gasteiger partial charge in [-0.15, -0.1) is 5.10 Å². The van der Waals surface area contributed by atoms with Crippen molar-refractivity contribution >= 4 is 17.8 Å². The molecule has 1 aromatic heterocycles. The summed E-state index contributed by atoms with van der Waals surface area (Å²) in [5.41, 5.74) is 0.186. The number of carbonyl (C=O) groups is 2. The molecule has 122 valence electrons. The highest BCUT2D eigenvalue weighted by Gasteiger charge is 2.35. The molecule has 2 amide bonds. The lowest BCUT2D eigenvalue weighted by atomic mass is 9.68. The molecule has 1 fully saturated rings. The van der Waals surface area contributed by atoms with Crippen molar-refractivity contribution in [1.82, 2.24) is 20.1 Å². The smallest absolute Gasteiger partial charge is 0.248 e. The zero-order valence-electron chi connectivity index (χ0n) is 13.7. The molecule has 2 unspecified atom stereocenters. The number of likely N-dealkylation sites (N-methyl/N-ethyl adjacent to an activating group) is 1. The zero-order valence-corrected chi connectivity index (χ0v) is 13.7. The Labute approximate surface area is 130 Å². The van der Waals surface area contributed by atoms with Gasteiger partial charge in [-0.1, -0.05) is 20.8 Å². The standard InChI is InChI=1S/C15H25N5O2/c1-10-5-11(7-15(2,3)6-10)13(22)18-14-17-9-20(19-14)8-12(21)16-4/h9-11H,5-8H2,1-4H3,(H,16,21)(H,18,19,22). The highest BCUT2D eigenvalue weighted by Crippen LogP contribution is 2.41. The number of carbonyl (C=O) groups excluding carboxylic acids is 2. The van der Waals surface area contributed by atoms with E-state index in [2.05, 4.69) is 41.5 Å². The second-order valence-corrected chi connectivity index (χ2v) is 7.04. The molecule has 0 bridgehead atoms. The summed E-state index contributed by atoms with van der Waals surface area (Å²) >= 11 is 0. The van der Waals surface area contributed by atoms with E-state index in [1.807, 2.05) is 0 Å². The van der Waals surface area contributed by atoms with Crippen molar-refractivity contribution in [2.24, 2.45) is 17.3 Å². The van der Waals surface area contributed by atoms with E-state index in [0.29, 0.717) is 5.92 Å². The zero-order chi connectivity index (χ0) is 16.3. The van der Waals surface area contributed by atoms with E-state index in [0.717, 1.165) is 19.3 Å². The van der Waals surface area contributed by atoms with Gasteiger partial charge in [-0.25, -0.2) is 9.67 Å². The summed E-state index contributed by atoms with van der Waals surface area (Å²) in [7, 11) is 1.56. The summed E-state index contributed by atoms with van der Waals surface area (Å²) in [6.45, 7) is 6.70. The first-order valence-electron chi connectivity index (χ1n) is 7.70. The quantitative estimate of drug-likeness (QED) is 0.880. The number of hydrogen-bond acceptors (Lipinski definition) is 4. The third kappa shape index (κ3) is 4.29. The van der Waals surface area contributed by atoms with Crippen LogP contribution >= 0.6 is 0 Å². The first kappa shape index (κ1) is 16.5. The second-order valence-electron chi connectivity index (χ2n) is 7.04. The maximum atomic E-state index is 12.4. The molecule has 0 radical (unpaired) electrons. The SMILES string of the molecule is CNC(=O)Cn1cnc(NC(=O)C2CC(C)CC(C)(C)C2)n1. The van der Waals surface area contributed by atoms with Crippen molar-refractivity contribution in [3.05, 3.63) is 6.33 Å². The monoisotopic (exact) mass is 307 g/mol. The fourth-order valence-electron chi connectivity index (χ4n) is 3.41. The van der Waals surface area contributed by atoms with Crippen LogP contribution in [0.15, 0.2) is 6.33 Å². The summed E-state index contributed by atoms with van der Waals surface area (Å²) in [4.78, 5) is 27.7. The Bertz CT molecular complexity index is 552. The van der Waals surface area contributed by atoms with Crippen molar-refractivity contribution in [3.8, 4) is 0 Å². The minimum atomic E-state index is -0.161. The van der Waals surface area contributed by atoms with Crippen LogP contribution in [0.5, 0.6) is 0 Å². The topological polar surface area (TPSA) is 88.9 Å². The Morgan fingerprint density at radius 1 is 1.41 bits per heavy atom. The number of amides is 2. The van der Waals surface area contributed by atoms with Gasteiger partial charge in [0.1, 0.15) is 12.9 Å². The van der Waals surface area contributed by atoms with Gasteiger partial charge in [-0.3, -0.25) is 14.9 Å². The Morgan fingerprint density at radius 2 is 2.14 bits per heavy atom. The molecule has 2 rings (SSSR count). The number of rotatable bonds is 4. The van der Waals surface area contributed by atoms with E-state index in [-0.39, 0.29) is 35.6 Å². The number of aromatic nitrogens is 3. The van der Waals surface area contributed by atoms with E-state index in [1.165, 1.54) is 11.0 Å². The van der Waals surface area contributed by atoms with Crippen molar-refractivity contribution in [2.75, 3.05) is 12.4 Å². The molecule has 2 N–H and O–H groups in total. The molecule has 1 heterocycles. The number of nitrogens with one attached hydrogen (secondary N) is 2. The molecule has 1 aromatic rings. The molecule has 0 aliphatic heterocycles. The van der Waals surface area contributed by atoms with Crippen molar-refractivity contribution in [1.29, 1.82) is 0 Å². The molecule has 22 heavy (non-hydrogen) atoms. The van der Waals surface area contributed by atoms with Gasteiger partial charge in [0.25, 0.3) is 0 Å². The molecule has 1 saturated carbocycles. The minimum Gasteiger partial charge on any atom is -0.358 e. The predicted molar refractivity (Wildman–Crippen MR) is 83.0 cm³/mol. The van der Waals surface area contributed by atoms with Crippen LogP contribution in [0.1, 0.15) is 40.0 Å². The summed E-state index contributed by atoms with van der Waals surface area (Å²) in [5.74, 6) is 0.593. The third-order valence-electron chi connectivity index (χ3n) is 4.11. The van der Waals surface area contributed by atoms with Crippen molar-refractivity contribution in [2.45, 2.75) is 46.6 Å². The van der Waals surface area contributed by atoms with Crippen LogP contribution < -0.4 is 10.6 Å². The summed E-state index contributed by atoms with van der Waals surface area (Å²) < 4.78 is 1.40. The highest BCUT2D eigenvalue weighted by molar-refractivity contribution is 5.91. The van der Waals surface area contributed by atoms with E-state index in [1.54, 1.807) is 7.05 Å². The summed E-state index contributed by atoms with van der Waals surface area (Å²) in [6, 6.07) is 0. The Morgan fingerprint density at radius 3 is 2.77 bits per heavy atom. The minimum absolute atomic E-state index is 0.00959. The van der Waals surface area contributed by atoms with Crippen molar-refractivity contribution < 1.29 is 9.59 Å². The molecule has 2 atom stereocenters. The fraction of sp³-hybridized carbons (Fsp3) is 0.733. The molecular weight excluding hydrogens is 282 g/mol. The molecular formula is C15H25N5O2. The number of hydrogen-bond donors (Lipinski definition) is 2. The Kier molecular flexibility index (Phi) is 4.83. The summed E-state index contributed by atoms with van der Waals surface area (Å²) in [5, 5.41) is 9.38. The maximum Gasteiger partial charge on any atom is 0.248 e. The third-order valence-corrected chi connectivity index (χ3v) is 4.11. The van der Waals surface area contributed by atoms with Crippen molar-refractivity contribution in [3.63, 3.8) is 0 Å². The van der Waals surface area contributed by atoms with Crippen LogP contribution in [0.4, 0.5) is 5.95 Å². The van der Waals surface area contributed by atoms with E-state index in [4.69, 9.17) is 0 Å². The highest BCUT2D eigenvalue weighted by atomic mass is 16.2. The van der Waals surface area contributed by atoms with Gasteiger partial charge in [0.15, 0.2) is 0 Å². The average Bonchev–Trinajstić information content (AvgIpc) is 2.83. The van der Waals surface area contributed by atoms with Gasteiger partial charge in [0, 0.05) is 13.0 Å². The maximum absolute atomic E-state index is 12.4. The molecule has 7 nitrogen and oxygen atoms in total. The van der Waals surface area contributed by atoms with Crippen LogP contribution in [-0.4, -0.2) is 33.6 Å². The van der Waals surface area contributed by atoms with E-state index in [9.17, 15) is 9.59 Å². The molecule has 0 spiro atoms. The van der Waals surface area contributed by atoms with Gasteiger partial charge >= 0.3 is 0 Å². The average molecular weight is 307 g/mol. The van der Waals surface area contributed by atoms with Crippen LogP contribution in [-0.2, 0) is 16.1 Å². The molecule has 1 aliphatic rings. The lowest BCUT2D eigenvalue weighted by Gasteiger charge is -2.38. The normalized spacial score (nSPS) is 23.8. The largest absolute Gasteiger partial charge is 0.358 e. The predicted octanol–water partition coefficient (Wildman–Crippen LogP) is 1.42. The number of nitrogens with zero attached hydrogens (tertiary/aromatic N) is 3. The lowest BCUT2D eigenvalue weighted by Crippen LogP contribution is -2.35. The Balaban J connectivity index is 1.95. The van der Waals surface area contributed by atoms with Gasteiger partial charge in [-0.05, 0) is 30.6 Å². The van der Waals surface area contributed by atoms with Crippen LogP contribution in [0, 0.1) is 17.3 Å². The van der Waals surface area contributed by atoms with Crippen LogP contribution in [0.3, 0.4) is 0 Å². The van der Waals surface area contributed by atoms with E-state index < -0.39 is 0 Å². The summed E-state index contributed by atoms with van der Waals surface area (Å²) in [6.07, 6.45) is 4.37. The van der Waals surface area contributed by atoms with Crippen LogP contribution in [0.25, 0.3) is 0 Å². The molecule has 7 heteroatoms. The van der Waals surface area contributed by atoms with Gasteiger partial charge < -0.3 is 5.32 Å². The van der Waals surface area contributed by atoms with Gasteiger partial charge in [-0.2, -0.15) is 0 Å². The van der Waals surface area contributed by atoms with E-state index >= 15 is 0 Å². The molecule has 0 aromatic carbocycles. The van der Waals surface area contributed by atoms with Gasteiger partial charge in [0.05, 0.1) is 0 Å². The fourth-order valence-corrected chi connectivity index (χ4v) is 3.41. The second kappa shape index (κ2) is 6.46. The first-order chi connectivity index (χ1) is 10.3. The van der Waals surface area contributed by atoms with Crippen LogP contribution in [0.2, 0.25) is 0 Å². The molecule has 1 aliphatic carbocycles. The first-order valence-corrected chi connectivity index (χ1v) is 7.70. The Hall–Kier alpha value is -1.92. The molecule has 0 saturated heterocycles. The number of anilines is 1. The lowest BCUT2D eigenvalue weighted by molar-refractivity contribution is -0.123. The van der Waals surface area contributed by atoms with Gasteiger partial charge in [0.2, 0.25) is 17.8 Å².